The van der Waals surface area contributed by atoms with E-state index in [-0.39, 0.29) is 11.8 Å². The van der Waals surface area contributed by atoms with Crippen LogP contribution in [0.4, 0.5) is 5.69 Å². The van der Waals surface area contributed by atoms with Gasteiger partial charge in [0.1, 0.15) is 0 Å². The first-order valence-electron chi connectivity index (χ1n) is 9.84. The molecule has 1 atom stereocenters. The smallest absolute Gasteiger partial charge is 0.244 e. The first-order valence-corrected chi connectivity index (χ1v) is 11.3. The normalized spacial score (nSPS) is 17.4. The summed E-state index contributed by atoms with van der Waals surface area (Å²) >= 11 is 0. The summed E-state index contributed by atoms with van der Waals surface area (Å²) in [6.45, 7) is 5.07. The topological polar surface area (TPSA) is 71.4 Å². The van der Waals surface area contributed by atoms with Crippen molar-refractivity contribution in [3.05, 3.63) is 48.3 Å². The van der Waals surface area contributed by atoms with Crippen LogP contribution in [0.1, 0.15) is 44.6 Å². The molecule has 1 aromatic heterocycles. The number of carbonyl (C=O) groups excluding carboxylic acids is 1. The zero-order valence-electron chi connectivity index (χ0n) is 16.8. The van der Waals surface area contributed by atoms with Gasteiger partial charge in [-0.05, 0) is 48.9 Å². The number of carbonyl (C=O) groups is 1. The van der Waals surface area contributed by atoms with Gasteiger partial charge in [-0.2, -0.15) is 4.31 Å². The van der Waals surface area contributed by atoms with Gasteiger partial charge in [-0.1, -0.05) is 26.0 Å². The van der Waals surface area contributed by atoms with Gasteiger partial charge in [0, 0.05) is 44.1 Å². The van der Waals surface area contributed by atoms with E-state index in [0.29, 0.717) is 36.7 Å². The Morgan fingerprint density at radius 1 is 1.18 bits per heavy atom. The molecular weight excluding hydrogens is 374 g/mol. The second kappa shape index (κ2) is 8.49. The fraction of sp³-hybridized carbons (Fsp3) is 0.476. The zero-order chi connectivity index (χ0) is 20.3. The number of aromatic nitrogens is 1. The number of hydrogen-bond acceptors (Lipinski definition) is 3. The van der Waals surface area contributed by atoms with E-state index in [4.69, 9.17) is 0 Å². The van der Waals surface area contributed by atoms with Crippen LogP contribution in [-0.4, -0.2) is 36.3 Å². The van der Waals surface area contributed by atoms with E-state index < -0.39 is 10.0 Å². The van der Waals surface area contributed by atoms with Crippen molar-refractivity contribution in [2.24, 2.45) is 13.0 Å². The molecule has 1 saturated heterocycles. The number of sulfonamides is 1. The molecule has 6 nitrogen and oxygen atoms in total. The molecule has 3 rings (SSSR count). The van der Waals surface area contributed by atoms with Crippen LogP contribution in [0, 0.1) is 5.92 Å². The maximum atomic E-state index is 12.7. The summed E-state index contributed by atoms with van der Waals surface area (Å²) < 4.78 is 28.6. The van der Waals surface area contributed by atoms with Crippen LogP contribution in [0.25, 0.3) is 0 Å². The van der Waals surface area contributed by atoms with Crippen LogP contribution >= 0.6 is 0 Å². The van der Waals surface area contributed by atoms with Crippen molar-refractivity contribution in [2.75, 3.05) is 18.4 Å². The molecule has 0 aliphatic carbocycles. The highest BCUT2D eigenvalue weighted by atomic mass is 32.2. The third-order valence-corrected chi connectivity index (χ3v) is 7.51. The predicted octanol–water partition coefficient (Wildman–Crippen LogP) is 3.58. The van der Waals surface area contributed by atoms with Gasteiger partial charge in [0.05, 0.1) is 4.90 Å². The Morgan fingerprint density at radius 3 is 2.36 bits per heavy atom. The van der Waals surface area contributed by atoms with Gasteiger partial charge >= 0.3 is 0 Å². The minimum atomic E-state index is -3.48. The molecule has 1 aliphatic rings. The summed E-state index contributed by atoms with van der Waals surface area (Å²) in [5.41, 5.74) is 2.05. The maximum Gasteiger partial charge on any atom is 0.244 e. The largest absolute Gasteiger partial charge is 0.356 e. The lowest BCUT2D eigenvalue weighted by molar-refractivity contribution is -0.120. The summed E-state index contributed by atoms with van der Waals surface area (Å²) in [4.78, 5) is 12.9. The maximum absolute atomic E-state index is 12.7. The van der Waals surface area contributed by atoms with E-state index in [1.807, 2.05) is 12.1 Å². The molecule has 2 aromatic rings. The Kier molecular flexibility index (Phi) is 6.25. The molecule has 0 bridgehead atoms. The molecule has 0 saturated carbocycles. The van der Waals surface area contributed by atoms with Crippen LogP contribution in [0.5, 0.6) is 0 Å². The minimum Gasteiger partial charge on any atom is -0.356 e. The van der Waals surface area contributed by atoms with Crippen LogP contribution in [0.2, 0.25) is 0 Å². The third kappa shape index (κ3) is 4.47. The molecule has 1 aromatic carbocycles. The molecular formula is C21H29N3O3S. The summed E-state index contributed by atoms with van der Waals surface area (Å²) in [6, 6.07) is 9.59. The Morgan fingerprint density at radius 2 is 1.82 bits per heavy atom. The number of amides is 1. The molecule has 152 valence electrons. The highest BCUT2D eigenvalue weighted by Crippen LogP contribution is 2.26. The lowest BCUT2D eigenvalue weighted by atomic mass is 9.96. The second-order valence-electron chi connectivity index (χ2n) is 7.61. The van der Waals surface area contributed by atoms with E-state index in [0.717, 1.165) is 12.1 Å². The van der Waals surface area contributed by atoms with Crippen molar-refractivity contribution in [1.29, 1.82) is 0 Å². The molecule has 0 radical (unpaired) electrons. The van der Waals surface area contributed by atoms with E-state index >= 15 is 0 Å². The number of anilines is 1. The van der Waals surface area contributed by atoms with E-state index in [9.17, 15) is 13.2 Å². The molecule has 0 spiro atoms. The van der Waals surface area contributed by atoms with Crippen molar-refractivity contribution in [1.82, 2.24) is 8.87 Å². The summed E-state index contributed by atoms with van der Waals surface area (Å²) in [7, 11) is -1.69. The highest BCUT2D eigenvalue weighted by molar-refractivity contribution is 7.89. The average molecular weight is 404 g/mol. The lowest BCUT2D eigenvalue weighted by Gasteiger charge is -2.30. The number of aryl methyl sites for hydroxylation is 1. The Hall–Kier alpha value is -2.12. The first kappa shape index (κ1) is 20.6. The van der Waals surface area contributed by atoms with Crippen molar-refractivity contribution in [2.45, 2.75) is 43.9 Å². The minimum absolute atomic E-state index is 0.0342. The standard InChI is InChI=1S/C21H29N3O3S/c1-4-16(2)17-5-7-19(8-6-17)22-21(25)18-9-13-24(14-10-18)28(26,27)20-11-12-23(3)15-20/h5-8,11-12,15-16,18H,4,9-10,13-14H2,1-3H3,(H,22,25). The molecule has 1 amide bonds. The number of benzene rings is 1. The van der Waals surface area contributed by atoms with Crippen LogP contribution in [-0.2, 0) is 21.9 Å². The number of piperidine rings is 1. The highest BCUT2D eigenvalue weighted by Gasteiger charge is 2.32. The molecule has 1 unspecified atom stereocenters. The molecule has 1 aliphatic heterocycles. The van der Waals surface area contributed by atoms with E-state index in [2.05, 4.69) is 31.3 Å². The second-order valence-corrected chi connectivity index (χ2v) is 9.55. The first-order chi connectivity index (χ1) is 13.3. The van der Waals surface area contributed by atoms with Crippen molar-refractivity contribution >= 4 is 21.6 Å². The average Bonchev–Trinajstić information content (AvgIpc) is 3.15. The van der Waals surface area contributed by atoms with Gasteiger partial charge in [-0.25, -0.2) is 8.42 Å². The molecule has 28 heavy (non-hydrogen) atoms. The summed E-state index contributed by atoms with van der Waals surface area (Å²) in [6.07, 6.45) is 5.47. The van der Waals surface area contributed by atoms with Gasteiger partial charge in [-0.15, -0.1) is 0 Å². The van der Waals surface area contributed by atoms with Gasteiger partial charge in [0.2, 0.25) is 15.9 Å². The number of hydrogen-bond donors (Lipinski definition) is 1. The molecule has 1 fully saturated rings. The molecule has 1 N–H and O–H groups in total. The van der Waals surface area contributed by atoms with E-state index in [1.54, 1.807) is 30.1 Å². The Bertz CT molecular complexity index is 911. The molecule has 2 heterocycles. The number of nitrogens with one attached hydrogen (secondary N) is 1. The fourth-order valence-electron chi connectivity index (χ4n) is 3.51. The van der Waals surface area contributed by atoms with E-state index in [1.165, 1.54) is 9.87 Å². The van der Waals surface area contributed by atoms with Crippen LogP contribution < -0.4 is 5.32 Å². The third-order valence-electron chi connectivity index (χ3n) is 5.63. The number of rotatable bonds is 6. The van der Waals surface area contributed by atoms with Crippen LogP contribution in [0.15, 0.2) is 47.6 Å². The Balaban J connectivity index is 1.56. The van der Waals surface area contributed by atoms with Gasteiger partial charge in [-0.3, -0.25) is 4.79 Å². The van der Waals surface area contributed by atoms with Crippen molar-refractivity contribution < 1.29 is 13.2 Å². The van der Waals surface area contributed by atoms with Gasteiger partial charge in [0.25, 0.3) is 0 Å². The summed E-state index contributed by atoms with van der Waals surface area (Å²) in [5.74, 6) is 0.296. The fourth-order valence-corrected chi connectivity index (χ4v) is 5.03. The quantitative estimate of drug-likeness (QED) is 0.801. The summed E-state index contributed by atoms with van der Waals surface area (Å²) in [5, 5.41) is 2.97. The molecule has 7 heteroatoms. The van der Waals surface area contributed by atoms with Gasteiger partial charge < -0.3 is 9.88 Å². The number of nitrogens with zero attached hydrogens (tertiary/aromatic N) is 2. The van der Waals surface area contributed by atoms with Crippen molar-refractivity contribution in [3.8, 4) is 0 Å². The van der Waals surface area contributed by atoms with Crippen LogP contribution in [0.3, 0.4) is 0 Å². The SMILES string of the molecule is CCC(C)c1ccc(NC(=O)C2CCN(S(=O)(=O)c3ccn(C)c3)CC2)cc1. The van der Waals surface area contributed by atoms with Gasteiger partial charge in [0.15, 0.2) is 0 Å². The monoisotopic (exact) mass is 403 g/mol. The predicted molar refractivity (Wildman–Crippen MR) is 111 cm³/mol. The zero-order valence-corrected chi connectivity index (χ0v) is 17.6. The lowest BCUT2D eigenvalue weighted by Crippen LogP contribution is -2.41. The van der Waals surface area contributed by atoms with Crippen molar-refractivity contribution in [3.63, 3.8) is 0 Å². The Labute approximate surface area is 167 Å².